The molecule has 13 heteroatoms. The van der Waals surface area contributed by atoms with E-state index in [4.69, 9.17) is 9.47 Å². The molecule has 5 rings (SSSR count). The van der Waals surface area contributed by atoms with Gasteiger partial charge in [0, 0.05) is 45.4 Å². The smallest absolute Gasteiger partial charge is 0.245 e. The molecule has 4 amide bonds. The minimum atomic E-state index is -0.708. The number of likely N-dealkylation sites (N-methyl/N-ethyl adjacent to an activating group) is 2. The lowest BCUT2D eigenvalue weighted by atomic mass is 9.89. The maximum Gasteiger partial charge on any atom is 0.245 e. The molecule has 56 heavy (non-hydrogen) atoms. The van der Waals surface area contributed by atoms with Gasteiger partial charge in [-0.15, -0.1) is 11.3 Å². The van der Waals surface area contributed by atoms with Gasteiger partial charge in [-0.2, -0.15) is 0 Å². The summed E-state index contributed by atoms with van der Waals surface area (Å²) in [6, 6.07) is 8.53. The summed E-state index contributed by atoms with van der Waals surface area (Å²) in [6.07, 6.45) is 6.76. The number of amides is 4. The number of rotatable bonds is 19. The van der Waals surface area contributed by atoms with Crippen LogP contribution in [0.3, 0.4) is 0 Å². The summed E-state index contributed by atoms with van der Waals surface area (Å²) in [6.45, 7) is 10.5. The van der Waals surface area contributed by atoms with Crippen molar-refractivity contribution in [2.45, 2.75) is 134 Å². The average Bonchev–Trinajstić information content (AvgIpc) is 4.03. The fourth-order valence-corrected chi connectivity index (χ4v) is 10.3. The van der Waals surface area contributed by atoms with Gasteiger partial charge in [-0.25, -0.2) is 4.98 Å². The number of thiazole rings is 1. The first-order valence-corrected chi connectivity index (χ1v) is 21.6. The molecule has 310 valence electrons. The van der Waals surface area contributed by atoms with Gasteiger partial charge in [0.05, 0.1) is 48.7 Å². The first-order valence-electron chi connectivity index (χ1n) is 20.7. The zero-order valence-electron chi connectivity index (χ0n) is 35.0. The second-order valence-electron chi connectivity index (χ2n) is 16.8. The van der Waals surface area contributed by atoms with Crippen LogP contribution in [-0.2, 0) is 35.1 Å². The van der Waals surface area contributed by atoms with Gasteiger partial charge in [0.2, 0.25) is 23.6 Å². The topological polar surface area (TPSA) is 133 Å². The second kappa shape index (κ2) is 19.8. The SMILES string of the molecule is CC[C@H](C)[C@@H]([C@@H](CC(=O)N1CCC[C@H]1[C@H](OC)[C@@H](C)C(=O)N[C@@H](Cc1ccccc1)c1nccs1)OC)N(C)C(=O)[C@@H](NC(=O)C1C2CCC(C2)N1C)C(C)C. The maximum atomic E-state index is 14.4. The number of aromatic nitrogens is 1. The maximum absolute atomic E-state index is 14.4. The highest BCUT2D eigenvalue weighted by atomic mass is 32.1. The Balaban J connectivity index is 1.27. The molecule has 12 nitrogen and oxygen atoms in total. The van der Waals surface area contributed by atoms with Crippen molar-refractivity contribution in [2.24, 2.45) is 23.7 Å². The molecule has 3 fully saturated rings. The van der Waals surface area contributed by atoms with Crippen molar-refractivity contribution in [3.8, 4) is 0 Å². The number of piperidine rings is 1. The summed E-state index contributed by atoms with van der Waals surface area (Å²) < 4.78 is 12.1. The normalized spacial score (nSPS) is 24.6. The third-order valence-electron chi connectivity index (χ3n) is 13.0. The number of fused-ring (bicyclic) bond motifs is 2. The molecule has 1 saturated carbocycles. The van der Waals surface area contributed by atoms with Crippen LogP contribution in [0.15, 0.2) is 41.9 Å². The quantitative estimate of drug-likeness (QED) is 0.201. The summed E-state index contributed by atoms with van der Waals surface area (Å²) in [7, 11) is 7.00. The zero-order valence-corrected chi connectivity index (χ0v) is 35.8. The van der Waals surface area contributed by atoms with E-state index in [1.807, 2.05) is 68.4 Å². The summed E-state index contributed by atoms with van der Waals surface area (Å²) in [4.78, 5) is 66.6. The molecule has 0 radical (unpaired) electrons. The summed E-state index contributed by atoms with van der Waals surface area (Å²) in [5.74, 6) is -0.860. The van der Waals surface area contributed by atoms with Crippen LogP contribution in [0.5, 0.6) is 0 Å². The highest BCUT2D eigenvalue weighted by molar-refractivity contribution is 7.09. The zero-order chi connectivity index (χ0) is 40.7. The van der Waals surface area contributed by atoms with Crippen molar-refractivity contribution in [1.29, 1.82) is 0 Å². The molecule has 2 N–H and O–H groups in total. The number of nitrogens with zero attached hydrogens (tertiary/aromatic N) is 4. The molecule has 3 aliphatic rings. The van der Waals surface area contributed by atoms with Crippen LogP contribution in [0, 0.1) is 23.7 Å². The van der Waals surface area contributed by atoms with Crippen molar-refractivity contribution in [2.75, 3.05) is 34.9 Å². The monoisotopic (exact) mass is 794 g/mol. The van der Waals surface area contributed by atoms with Gasteiger partial charge in [-0.3, -0.25) is 24.1 Å². The third-order valence-corrected chi connectivity index (χ3v) is 13.9. The summed E-state index contributed by atoms with van der Waals surface area (Å²) >= 11 is 1.51. The Hall–Kier alpha value is -3.39. The molecule has 1 aromatic carbocycles. The van der Waals surface area contributed by atoms with Crippen molar-refractivity contribution < 1.29 is 28.7 Å². The molecule has 2 bridgehead atoms. The Bertz CT molecular complexity index is 1590. The highest BCUT2D eigenvalue weighted by Crippen LogP contribution is 2.41. The number of carbonyl (C=O) groups is 4. The van der Waals surface area contributed by atoms with Gasteiger partial charge in [0.25, 0.3) is 0 Å². The molecular weight excluding hydrogens is 729 g/mol. The number of likely N-dealkylation sites (tertiary alicyclic amines) is 2. The molecule has 2 saturated heterocycles. The fourth-order valence-electron chi connectivity index (χ4n) is 9.64. The number of hydrogen-bond donors (Lipinski definition) is 2. The lowest BCUT2D eigenvalue weighted by molar-refractivity contribution is -0.148. The van der Waals surface area contributed by atoms with E-state index in [2.05, 4.69) is 34.4 Å². The molecule has 0 spiro atoms. The molecule has 2 aromatic rings. The third kappa shape index (κ3) is 9.82. The van der Waals surface area contributed by atoms with Crippen LogP contribution in [0.2, 0.25) is 0 Å². The highest BCUT2D eigenvalue weighted by Gasteiger charge is 2.49. The van der Waals surface area contributed by atoms with E-state index < -0.39 is 30.2 Å². The second-order valence-corrected chi connectivity index (χ2v) is 17.7. The number of nitrogens with one attached hydrogen (secondary N) is 2. The first-order chi connectivity index (χ1) is 26.8. The molecule has 11 atom stereocenters. The van der Waals surface area contributed by atoms with Gasteiger partial charge in [-0.1, -0.05) is 71.4 Å². The minimum Gasteiger partial charge on any atom is -0.379 e. The van der Waals surface area contributed by atoms with Gasteiger partial charge >= 0.3 is 0 Å². The van der Waals surface area contributed by atoms with Crippen LogP contribution >= 0.6 is 11.3 Å². The Kier molecular flexibility index (Phi) is 15.5. The van der Waals surface area contributed by atoms with Gasteiger partial charge < -0.3 is 29.9 Å². The van der Waals surface area contributed by atoms with Gasteiger partial charge in [-0.05, 0) is 68.9 Å². The van der Waals surface area contributed by atoms with Gasteiger partial charge in [0.1, 0.15) is 11.0 Å². The lowest BCUT2D eigenvalue weighted by Gasteiger charge is -2.41. The molecule has 3 heterocycles. The number of benzene rings is 1. The Morgan fingerprint density at radius 2 is 1.75 bits per heavy atom. The molecule has 1 aliphatic carbocycles. The predicted molar refractivity (Wildman–Crippen MR) is 219 cm³/mol. The molecular formula is C43H66N6O6S. The fraction of sp³-hybridized carbons (Fsp3) is 0.698. The van der Waals surface area contributed by atoms with E-state index in [-0.39, 0.29) is 60.0 Å². The first kappa shape index (κ1) is 43.7. The van der Waals surface area contributed by atoms with E-state index in [1.54, 1.807) is 32.4 Å². The van der Waals surface area contributed by atoms with Crippen LogP contribution in [0.1, 0.15) is 96.2 Å². The van der Waals surface area contributed by atoms with Gasteiger partial charge in [0.15, 0.2) is 0 Å². The molecule has 3 unspecified atom stereocenters. The van der Waals surface area contributed by atoms with E-state index in [1.165, 1.54) is 11.3 Å². The van der Waals surface area contributed by atoms with E-state index in [9.17, 15) is 19.2 Å². The van der Waals surface area contributed by atoms with Crippen molar-refractivity contribution >= 4 is 35.0 Å². The number of carbonyl (C=O) groups excluding carboxylic acids is 4. The Morgan fingerprint density at radius 3 is 2.34 bits per heavy atom. The van der Waals surface area contributed by atoms with Crippen LogP contribution < -0.4 is 10.6 Å². The summed E-state index contributed by atoms with van der Waals surface area (Å²) in [5, 5.41) is 9.13. The van der Waals surface area contributed by atoms with Crippen LogP contribution in [0.4, 0.5) is 0 Å². The lowest BCUT2D eigenvalue weighted by Crippen LogP contribution is -2.60. The van der Waals surface area contributed by atoms with Crippen molar-refractivity contribution in [1.82, 2.24) is 30.3 Å². The average molecular weight is 795 g/mol. The summed E-state index contributed by atoms with van der Waals surface area (Å²) in [5.41, 5.74) is 1.10. The molecule has 1 aromatic heterocycles. The van der Waals surface area contributed by atoms with Crippen LogP contribution in [0.25, 0.3) is 0 Å². The molecule has 2 aliphatic heterocycles. The minimum absolute atomic E-state index is 0.00778. The number of methoxy groups -OCH3 is 2. The standard InChI is InChI=1S/C43H66N6O6S/c1-10-27(4)37(48(7)43(53)36(26(2)3)46-41(52)38-30-18-19-31(24-30)47(38)6)34(54-8)25-35(50)49-21-14-17-33(49)39(55-9)28(5)40(51)45-32(42-44-20-22-56-42)23-29-15-12-11-13-16-29/h11-13,15-16,20,22,26-28,30-34,36-39H,10,14,17-19,21,23-25H2,1-9H3,(H,45,51)(H,46,52)/t27-,28+,30?,31?,32-,33-,34+,36-,37-,38?,39+/m0/s1. The van der Waals surface area contributed by atoms with Crippen molar-refractivity contribution in [3.63, 3.8) is 0 Å². The number of ether oxygens (including phenoxy) is 2. The Labute approximate surface area is 338 Å². The Morgan fingerprint density at radius 1 is 1.02 bits per heavy atom. The van der Waals surface area contributed by atoms with E-state index >= 15 is 0 Å². The number of hydrogen-bond acceptors (Lipinski definition) is 9. The predicted octanol–water partition coefficient (Wildman–Crippen LogP) is 5.09. The largest absolute Gasteiger partial charge is 0.379 e. The van der Waals surface area contributed by atoms with E-state index in [0.29, 0.717) is 31.3 Å². The van der Waals surface area contributed by atoms with E-state index in [0.717, 1.165) is 42.7 Å². The van der Waals surface area contributed by atoms with Crippen LogP contribution in [-0.4, -0.2) is 121 Å². The van der Waals surface area contributed by atoms with Crippen molar-refractivity contribution in [3.05, 3.63) is 52.5 Å².